The Kier molecular flexibility index (Phi) is 5.26. The van der Waals surface area contributed by atoms with E-state index in [0.717, 1.165) is 57.7 Å². The molecule has 1 N–H and O–H groups in total. The van der Waals surface area contributed by atoms with Crippen LogP contribution in [-0.4, -0.2) is 78.5 Å². The number of halogens is 3. The maximum absolute atomic E-state index is 12.5. The van der Waals surface area contributed by atoms with Crippen molar-refractivity contribution in [2.45, 2.75) is 12.3 Å². The Morgan fingerprint density at radius 1 is 1.21 bits per heavy atom. The predicted octanol–water partition coefficient (Wildman–Crippen LogP) is 1.93. The Bertz CT molecular complexity index is 842. The Morgan fingerprint density at radius 2 is 1.96 bits per heavy atom. The first-order chi connectivity index (χ1) is 13.4. The molecule has 7 nitrogen and oxygen atoms in total. The second-order valence-corrected chi connectivity index (χ2v) is 7.20. The van der Waals surface area contributed by atoms with Crippen molar-refractivity contribution >= 4 is 22.8 Å². The SMILES string of the molecule is OC(C=Cc1cc(N2CC(CN3CCOCC3)C2)c2nonc2c1)C(F)(F)F. The first-order valence-electron chi connectivity index (χ1n) is 9.14. The van der Waals surface area contributed by atoms with Gasteiger partial charge in [0.2, 0.25) is 0 Å². The van der Waals surface area contributed by atoms with E-state index in [4.69, 9.17) is 14.5 Å². The number of anilines is 1. The molecule has 2 aliphatic heterocycles. The van der Waals surface area contributed by atoms with Crippen molar-refractivity contribution in [1.29, 1.82) is 0 Å². The summed E-state index contributed by atoms with van der Waals surface area (Å²) in [6, 6.07) is 3.33. The highest BCUT2D eigenvalue weighted by atomic mass is 19.4. The van der Waals surface area contributed by atoms with Crippen molar-refractivity contribution in [3.8, 4) is 0 Å². The Labute approximate surface area is 159 Å². The number of benzene rings is 1. The molecule has 1 atom stereocenters. The van der Waals surface area contributed by atoms with E-state index in [9.17, 15) is 13.2 Å². The summed E-state index contributed by atoms with van der Waals surface area (Å²) in [6.45, 7) is 6.07. The van der Waals surface area contributed by atoms with Gasteiger partial charge in [-0.2, -0.15) is 13.2 Å². The van der Waals surface area contributed by atoms with Crippen LogP contribution >= 0.6 is 0 Å². The summed E-state index contributed by atoms with van der Waals surface area (Å²) in [6.07, 6.45) is -5.25. The summed E-state index contributed by atoms with van der Waals surface area (Å²) in [5, 5.41) is 16.9. The molecule has 0 spiro atoms. The van der Waals surface area contributed by atoms with E-state index in [2.05, 4.69) is 20.1 Å². The van der Waals surface area contributed by atoms with Crippen molar-refractivity contribution in [3.63, 3.8) is 0 Å². The van der Waals surface area contributed by atoms with Gasteiger partial charge in [-0.15, -0.1) is 0 Å². The van der Waals surface area contributed by atoms with Gasteiger partial charge in [0.15, 0.2) is 11.6 Å². The van der Waals surface area contributed by atoms with Crippen molar-refractivity contribution in [2.24, 2.45) is 5.92 Å². The molecule has 3 heterocycles. The van der Waals surface area contributed by atoms with E-state index in [1.165, 1.54) is 6.08 Å². The van der Waals surface area contributed by atoms with Gasteiger partial charge in [0, 0.05) is 38.6 Å². The number of morpholine rings is 1. The molecule has 0 saturated carbocycles. The molecule has 1 unspecified atom stereocenters. The van der Waals surface area contributed by atoms with Crippen LogP contribution in [0.2, 0.25) is 0 Å². The summed E-state index contributed by atoms with van der Waals surface area (Å²) in [7, 11) is 0. The number of hydrogen-bond donors (Lipinski definition) is 1. The zero-order chi connectivity index (χ0) is 19.7. The molecule has 1 aromatic heterocycles. The molecular formula is C18H21F3N4O3. The average molecular weight is 398 g/mol. The number of fused-ring (bicyclic) bond motifs is 1. The van der Waals surface area contributed by atoms with Gasteiger partial charge in [0.05, 0.1) is 18.9 Å². The Hall–Kier alpha value is -2.17. The zero-order valence-corrected chi connectivity index (χ0v) is 15.1. The van der Waals surface area contributed by atoms with Crippen LogP contribution in [0.15, 0.2) is 22.8 Å². The molecular weight excluding hydrogens is 377 g/mol. The largest absolute Gasteiger partial charge is 0.417 e. The van der Waals surface area contributed by atoms with Crippen LogP contribution in [0.5, 0.6) is 0 Å². The normalized spacial score (nSPS) is 20.8. The average Bonchev–Trinajstić information content (AvgIpc) is 3.10. The smallest absolute Gasteiger partial charge is 0.380 e. The van der Waals surface area contributed by atoms with Gasteiger partial charge in [-0.1, -0.05) is 6.08 Å². The summed E-state index contributed by atoms with van der Waals surface area (Å²) >= 11 is 0. The fourth-order valence-corrected chi connectivity index (χ4v) is 3.57. The van der Waals surface area contributed by atoms with Crippen LogP contribution < -0.4 is 4.90 Å². The molecule has 2 saturated heterocycles. The van der Waals surface area contributed by atoms with E-state index in [-0.39, 0.29) is 0 Å². The number of ether oxygens (including phenoxy) is 1. The number of aliphatic hydroxyl groups is 1. The van der Waals surface area contributed by atoms with Gasteiger partial charge in [-0.05, 0) is 34.1 Å². The minimum absolute atomic E-state index is 0.468. The lowest BCUT2D eigenvalue weighted by Crippen LogP contribution is -2.53. The van der Waals surface area contributed by atoms with E-state index >= 15 is 0 Å². The standard InChI is InChI=1S/C18H21F3N4O3/c19-18(20,21)16(26)2-1-12-7-14-17(23-28-22-14)15(8-12)25-10-13(11-25)9-24-3-5-27-6-4-24/h1-2,7-8,13,16,26H,3-6,9-11H2. The number of rotatable bonds is 5. The van der Waals surface area contributed by atoms with Gasteiger partial charge in [-0.3, -0.25) is 4.90 Å². The highest BCUT2D eigenvalue weighted by Gasteiger charge is 2.36. The third-order valence-corrected chi connectivity index (χ3v) is 5.09. The van der Waals surface area contributed by atoms with Gasteiger partial charge < -0.3 is 14.7 Å². The summed E-state index contributed by atoms with van der Waals surface area (Å²) in [5.41, 5.74) is 2.32. The minimum Gasteiger partial charge on any atom is -0.380 e. The molecule has 0 amide bonds. The molecule has 4 rings (SSSR count). The molecule has 2 aromatic rings. The van der Waals surface area contributed by atoms with Crippen molar-refractivity contribution in [2.75, 3.05) is 50.8 Å². The third-order valence-electron chi connectivity index (χ3n) is 5.09. The topological polar surface area (TPSA) is 74.9 Å². The zero-order valence-electron chi connectivity index (χ0n) is 15.1. The van der Waals surface area contributed by atoms with E-state index in [0.29, 0.717) is 22.5 Å². The maximum atomic E-state index is 12.5. The molecule has 2 aliphatic rings. The van der Waals surface area contributed by atoms with Crippen LogP contribution in [0, 0.1) is 5.92 Å². The van der Waals surface area contributed by atoms with Gasteiger partial charge in [0.25, 0.3) is 0 Å². The number of nitrogens with zero attached hydrogens (tertiary/aromatic N) is 4. The minimum atomic E-state index is -4.69. The van der Waals surface area contributed by atoms with Crippen molar-refractivity contribution in [1.82, 2.24) is 15.2 Å². The molecule has 0 bridgehead atoms. The number of hydrogen-bond acceptors (Lipinski definition) is 7. The van der Waals surface area contributed by atoms with Gasteiger partial charge >= 0.3 is 6.18 Å². The van der Waals surface area contributed by atoms with Crippen LogP contribution in [0.25, 0.3) is 17.1 Å². The van der Waals surface area contributed by atoms with E-state index in [1.54, 1.807) is 12.1 Å². The molecule has 0 aliphatic carbocycles. The van der Waals surface area contributed by atoms with Gasteiger partial charge in [0.1, 0.15) is 5.52 Å². The van der Waals surface area contributed by atoms with Crippen LogP contribution in [0.1, 0.15) is 5.56 Å². The van der Waals surface area contributed by atoms with Crippen molar-refractivity contribution in [3.05, 3.63) is 23.8 Å². The molecule has 10 heteroatoms. The molecule has 1 aromatic carbocycles. The summed E-state index contributed by atoms with van der Waals surface area (Å²) in [4.78, 5) is 4.51. The Balaban J connectivity index is 1.46. The quantitative estimate of drug-likeness (QED) is 0.825. The predicted molar refractivity (Wildman–Crippen MR) is 95.9 cm³/mol. The molecule has 0 radical (unpaired) electrons. The fraction of sp³-hybridized carbons (Fsp3) is 0.556. The summed E-state index contributed by atoms with van der Waals surface area (Å²) < 4.78 is 47.7. The second-order valence-electron chi connectivity index (χ2n) is 7.20. The number of alkyl halides is 3. The van der Waals surface area contributed by atoms with Crippen LogP contribution in [-0.2, 0) is 4.74 Å². The lowest BCUT2D eigenvalue weighted by atomic mass is 9.97. The van der Waals surface area contributed by atoms with E-state index in [1.807, 2.05) is 0 Å². The molecule has 2 fully saturated rings. The highest BCUT2D eigenvalue weighted by molar-refractivity contribution is 5.90. The monoisotopic (exact) mass is 398 g/mol. The first-order valence-corrected chi connectivity index (χ1v) is 9.14. The first kappa shape index (κ1) is 19.2. The number of aromatic nitrogens is 2. The van der Waals surface area contributed by atoms with Crippen LogP contribution in [0.4, 0.5) is 18.9 Å². The number of aliphatic hydroxyl groups excluding tert-OH is 1. The molecule has 152 valence electrons. The fourth-order valence-electron chi connectivity index (χ4n) is 3.57. The highest BCUT2D eigenvalue weighted by Crippen LogP contribution is 2.33. The van der Waals surface area contributed by atoms with Crippen LogP contribution in [0.3, 0.4) is 0 Å². The molecule has 28 heavy (non-hydrogen) atoms. The maximum Gasteiger partial charge on any atom is 0.417 e. The van der Waals surface area contributed by atoms with Gasteiger partial charge in [-0.25, -0.2) is 4.63 Å². The van der Waals surface area contributed by atoms with Crippen molar-refractivity contribution < 1.29 is 27.6 Å². The summed E-state index contributed by atoms with van der Waals surface area (Å²) in [5.74, 6) is 0.513. The lowest BCUT2D eigenvalue weighted by molar-refractivity contribution is -0.187. The van der Waals surface area contributed by atoms with E-state index < -0.39 is 12.3 Å². The lowest BCUT2D eigenvalue weighted by Gasteiger charge is -2.43. The third kappa shape index (κ3) is 4.13. The Morgan fingerprint density at radius 3 is 2.68 bits per heavy atom. The second kappa shape index (κ2) is 7.69.